The predicted octanol–water partition coefficient (Wildman–Crippen LogP) is 0.862. The number of rotatable bonds is 5. The van der Waals surface area contributed by atoms with E-state index < -0.39 is 36.1 Å². The van der Waals surface area contributed by atoms with Crippen molar-refractivity contribution in [3.05, 3.63) is 77.5 Å². The molecule has 34 heavy (non-hydrogen) atoms. The van der Waals surface area contributed by atoms with E-state index >= 15 is 0 Å². The van der Waals surface area contributed by atoms with E-state index in [0.29, 0.717) is 11.4 Å². The van der Waals surface area contributed by atoms with Crippen molar-refractivity contribution >= 4 is 34.3 Å². The Morgan fingerprint density at radius 2 is 1.79 bits per heavy atom. The van der Waals surface area contributed by atoms with Crippen LogP contribution in [0, 0.1) is 0 Å². The summed E-state index contributed by atoms with van der Waals surface area (Å²) in [6, 6.07) is 17.9. The Morgan fingerprint density at radius 1 is 1.18 bits per heavy atom. The van der Waals surface area contributed by atoms with Crippen LogP contribution in [-0.4, -0.2) is 54.5 Å². The Morgan fingerprint density at radius 3 is 2.35 bits per heavy atom. The van der Waals surface area contributed by atoms with Gasteiger partial charge < -0.3 is 20.7 Å². The molecular formula is C23H22N6O5. The first kappa shape index (κ1) is 21.8. The van der Waals surface area contributed by atoms with Gasteiger partial charge in [0.2, 0.25) is 5.72 Å². The molecule has 0 aliphatic carbocycles. The number of carbonyl (C=O) groups excluding carboxylic acids is 1. The fourth-order valence-electron chi connectivity index (χ4n) is 4.26. The van der Waals surface area contributed by atoms with Crippen molar-refractivity contribution in [2.45, 2.75) is 24.4 Å². The highest BCUT2D eigenvalue weighted by Crippen LogP contribution is 2.41. The molecule has 0 bridgehead atoms. The lowest BCUT2D eigenvalue weighted by molar-refractivity contribution is -0.159. The number of carbonyl (C=O) groups is 1. The number of nitrogens with one attached hydrogen (secondary N) is 1. The lowest BCUT2D eigenvalue weighted by Gasteiger charge is -2.35. The summed E-state index contributed by atoms with van der Waals surface area (Å²) in [4.78, 5) is 38.5. The van der Waals surface area contributed by atoms with Crippen LogP contribution in [0.4, 0.5) is 17.2 Å². The highest BCUT2D eigenvalue weighted by atomic mass is 16.6. The number of anilines is 3. The molecule has 5 rings (SSSR count). The van der Waals surface area contributed by atoms with Crippen molar-refractivity contribution in [1.82, 2.24) is 19.5 Å². The van der Waals surface area contributed by atoms with E-state index in [0.717, 1.165) is 0 Å². The molecule has 1 aliphatic rings. The lowest BCUT2D eigenvalue weighted by Crippen LogP contribution is -2.50. The molecule has 1 aliphatic heterocycles. The zero-order valence-electron chi connectivity index (χ0n) is 17.9. The number of aromatic nitrogens is 4. The molecule has 3 atom stereocenters. The molecule has 0 unspecified atom stereocenters. The number of benzene rings is 2. The number of imidazole rings is 1. The second-order valence-corrected chi connectivity index (χ2v) is 7.95. The number of amides is 1. The minimum atomic E-state index is -1.87. The molecule has 5 N–H and O–H groups in total. The molecule has 1 amide bonds. The van der Waals surface area contributed by atoms with E-state index in [1.165, 1.54) is 15.8 Å². The van der Waals surface area contributed by atoms with Crippen molar-refractivity contribution in [3.8, 4) is 0 Å². The third-order valence-corrected chi connectivity index (χ3v) is 5.84. The van der Waals surface area contributed by atoms with Gasteiger partial charge in [0.25, 0.3) is 5.91 Å². The Bertz CT molecular complexity index is 1350. The van der Waals surface area contributed by atoms with Crippen molar-refractivity contribution in [2.75, 3.05) is 17.2 Å². The molecule has 0 saturated carbocycles. The molecule has 0 radical (unpaired) electrons. The van der Waals surface area contributed by atoms with Crippen LogP contribution in [0.1, 0.15) is 6.42 Å². The molecule has 0 spiro atoms. The van der Waals surface area contributed by atoms with Crippen LogP contribution in [0.25, 0.3) is 11.2 Å². The minimum absolute atomic E-state index is 0.0152. The number of aromatic amines is 1. The second-order valence-electron chi connectivity index (χ2n) is 7.95. The zero-order chi connectivity index (χ0) is 23.9. The summed E-state index contributed by atoms with van der Waals surface area (Å²) in [7, 11) is 0. The molecule has 1 fully saturated rings. The first-order valence-corrected chi connectivity index (χ1v) is 10.6. The Labute approximate surface area is 193 Å². The maximum Gasteiger partial charge on any atom is 0.348 e. The largest absolute Gasteiger partial charge is 0.394 e. The number of aliphatic hydroxyl groups excluding tert-OH is 2. The Hall–Kier alpha value is -4.06. The fourth-order valence-corrected chi connectivity index (χ4v) is 4.26. The summed E-state index contributed by atoms with van der Waals surface area (Å²) in [5.74, 6) is -0.587. The van der Waals surface area contributed by atoms with Crippen LogP contribution < -0.4 is 16.3 Å². The van der Waals surface area contributed by atoms with Crippen LogP contribution in [0.15, 0.2) is 71.8 Å². The molecule has 1 saturated heterocycles. The molecule has 174 valence electrons. The van der Waals surface area contributed by atoms with Crippen LogP contribution in [0.3, 0.4) is 0 Å². The average molecular weight is 462 g/mol. The van der Waals surface area contributed by atoms with E-state index in [1.807, 2.05) is 12.1 Å². The minimum Gasteiger partial charge on any atom is -0.394 e. The first-order valence-electron chi connectivity index (χ1n) is 10.6. The molecule has 11 heteroatoms. The number of nitrogens with two attached hydrogens (primary N) is 1. The average Bonchev–Trinajstić information content (AvgIpc) is 3.42. The Kier molecular flexibility index (Phi) is 5.36. The summed E-state index contributed by atoms with van der Waals surface area (Å²) in [5, 5.41) is 20.5. The number of para-hydroxylation sites is 2. The topological polar surface area (TPSA) is 160 Å². The number of nitrogens with zero attached hydrogens (tertiary/aromatic N) is 4. The van der Waals surface area contributed by atoms with Gasteiger partial charge in [-0.05, 0) is 24.3 Å². The number of fused-ring (bicyclic) bond motifs is 1. The van der Waals surface area contributed by atoms with Gasteiger partial charge in [-0.1, -0.05) is 36.4 Å². The highest BCUT2D eigenvalue weighted by Gasteiger charge is 2.55. The van der Waals surface area contributed by atoms with Gasteiger partial charge in [-0.15, -0.1) is 0 Å². The quantitative estimate of drug-likeness (QED) is 0.340. The van der Waals surface area contributed by atoms with Gasteiger partial charge in [0.15, 0.2) is 5.65 Å². The van der Waals surface area contributed by atoms with Crippen LogP contribution in [0.2, 0.25) is 0 Å². The van der Waals surface area contributed by atoms with Gasteiger partial charge in [0.1, 0.15) is 23.8 Å². The molecular weight excluding hydrogens is 440 g/mol. The smallest absolute Gasteiger partial charge is 0.348 e. The number of nitrogen functional groups attached to an aromatic ring is 1. The fraction of sp³-hybridized carbons (Fsp3) is 0.217. The van der Waals surface area contributed by atoms with Crippen LogP contribution in [0.5, 0.6) is 0 Å². The molecule has 2 aromatic heterocycles. The van der Waals surface area contributed by atoms with Crippen molar-refractivity contribution in [2.24, 2.45) is 0 Å². The van der Waals surface area contributed by atoms with E-state index in [4.69, 9.17) is 10.5 Å². The summed E-state index contributed by atoms with van der Waals surface area (Å²) in [6.07, 6.45) is -1.14. The van der Waals surface area contributed by atoms with Crippen molar-refractivity contribution in [1.29, 1.82) is 0 Å². The predicted molar refractivity (Wildman–Crippen MR) is 123 cm³/mol. The van der Waals surface area contributed by atoms with Gasteiger partial charge >= 0.3 is 5.69 Å². The van der Waals surface area contributed by atoms with Gasteiger partial charge in [-0.2, -0.15) is 4.98 Å². The van der Waals surface area contributed by atoms with Gasteiger partial charge in [0, 0.05) is 17.8 Å². The van der Waals surface area contributed by atoms with E-state index in [-0.39, 0.29) is 23.4 Å². The number of ether oxygens (including phenoxy) is 1. The number of hydrogen-bond acceptors (Lipinski definition) is 8. The van der Waals surface area contributed by atoms with Gasteiger partial charge in [-0.3, -0.25) is 19.2 Å². The van der Waals surface area contributed by atoms with Crippen molar-refractivity contribution in [3.63, 3.8) is 0 Å². The van der Waals surface area contributed by atoms with Crippen LogP contribution >= 0.6 is 0 Å². The molecule has 2 aromatic carbocycles. The van der Waals surface area contributed by atoms with Gasteiger partial charge in [-0.25, -0.2) is 9.78 Å². The molecule has 4 aromatic rings. The maximum atomic E-state index is 14.4. The maximum absolute atomic E-state index is 14.4. The number of hydrogen-bond donors (Lipinski definition) is 4. The SMILES string of the molecule is Nc1[nH]c(=O)nc2c1ncn2[C@@]1(C(=O)N(c2ccccc2)c2ccccc2)C[C@H](O)[C@@H](CO)O1. The summed E-state index contributed by atoms with van der Waals surface area (Å²) in [5.41, 5.74) is 4.61. The molecule has 11 nitrogen and oxygen atoms in total. The third kappa shape index (κ3) is 3.43. The third-order valence-electron chi connectivity index (χ3n) is 5.84. The zero-order valence-corrected chi connectivity index (χ0v) is 17.9. The van der Waals surface area contributed by atoms with E-state index in [9.17, 15) is 19.8 Å². The number of H-pyrrole nitrogens is 1. The van der Waals surface area contributed by atoms with E-state index in [1.54, 1.807) is 48.5 Å². The molecule has 3 heterocycles. The van der Waals surface area contributed by atoms with Gasteiger partial charge in [0.05, 0.1) is 12.7 Å². The standard InChI is InChI=1S/C23H22N6O5/c24-19-18-20(27-22(33)26-19)28(13-25-18)23(11-16(31)17(12-30)34-23)21(32)29(14-7-3-1-4-8-14)15-9-5-2-6-10-15/h1-10,13,16-17,30-31H,11-12H2,(H3,24,26,27,33)/t16-,17+,23-/m0/s1. The summed E-state index contributed by atoms with van der Waals surface area (Å²) >= 11 is 0. The summed E-state index contributed by atoms with van der Waals surface area (Å²) < 4.78 is 7.37. The first-order chi connectivity index (χ1) is 16.4. The van der Waals surface area contributed by atoms with E-state index in [2.05, 4.69) is 15.0 Å². The summed E-state index contributed by atoms with van der Waals surface area (Å²) in [6.45, 7) is -0.518. The lowest BCUT2D eigenvalue weighted by atomic mass is 10.0. The monoisotopic (exact) mass is 462 g/mol. The second kappa shape index (κ2) is 8.37. The highest BCUT2D eigenvalue weighted by molar-refractivity contribution is 6.05. The van der Waals surface area contributed by atoms with Crippen LogP contribution in [-0.2, 0) is 15.3 Å². The number of aliphatic hydroxyl groups is 2. The van der Waals surface area contributed by atoms with Crippen molar-refractivity contribution < 1.29 is 19.7 Å². The normalized spacial score (nSPS) is 22.2. The Balaban J connectivity index is 1.75.